The Morgan fingerprint density at radius 3 is 2.78 bits per heavy atom. The van der Waals surface area contributed by atoms with Crippen LogP contribution in [0, 0.1) is 0 Å². The number of rotatable bonds is 5. The fraction of sp³-hybridized carbons (Fsp3) is 0.696. The minimum atomic E-state index is -0.345. The van der Waals surface area contributed by atoms with E-state index in [1.165, 1.54) is 32.1 Å². The van der Waals surface area contributed by atoms with Crippen LogP contribution >= 0.6 is 11.3 Å². The number of hydrogen-bond acceptors (Lipinski definition) is 8. The van der Waals surface area contributed by atoms with Crippen molar-refractivity contribution in [3.63, 3.8) is 0 Å². The zero-order valence-corrected chi connectivity index (χ0v) is 19.3. The molecular weight excluding hydrogens is 422 g/mol. The lowest BCUT2D eigenvalue weighted by Crippen LogP contribution is -2.71. The fourth-order valence-corrected chi connectivity index (χ4v) is 6.49. The average molecular weight is 456 g/mol. The van der Waals surface area contributed by atoms with Gasteiger partial charge in [0.1, 0.15) is 22.7 Å². The van der Waals surface area contributed by atoms with Gasteiger partial charge >= 0.3 is 0 Å². The van der Waals surface area contributed by atoms with Gasteiger partial charge in [-0.3, -0.25) is 25.3 Å². The quantitative estimate of drug-likeness (QED) is 0.546. The summed E-state index contributed by atoms with van der Waals surface area (Å²) in [4.78, 5) is 25.5. The third kappa shape index (κ3) is 4.17. The number of pyridine rings is 1. The van der Waals surface area contributed by atoms with E-state index < -0.39 is 0 Å². The molecule has 9 heteroatoms. The molecule has 4 atom stereocenters. The number of amides is 1. The maximum Gasteiger partial charge on any atom is 0.235 e. The summed E-state index contributed by atoms with van der Waals surface area (Å²) in [6.07, 6.45) is 9.98. The Labute approximate surface area is 192 Å². The van der Waals surface area contributed by atoms with Crippen LogP contribution in [0.5, 0.6) is 0 Å². The van der Waals surface area contributed by atoms with Crippen LogP contribution in [0.2, 0.25) is 0 Å². The summed E-state index contributed by atoms with van der Waals surface area (Å²) < 4.78 is 1.14. The lowest BCUT2D eigenvalue weighted by molar-refractivity contribution is -0.130. The van der Waals surface area contributed by atoms with Crippen molar-refractivity contribution in [1.82, 2.24) is 36.1 Å². The van der Waals surface area contributed by atoms with Crippen LogP contribution in [0.25, 0.3) is 10.2 Å². The highest BCUT2D eigenvalue weighted by atomic mass is 32.1. The van der Waals surface area contributed by atoms with E-state index in [4.69, 9.17) is 4.98 Å². The van der Waals surface area contributed by atoms with Crippen molar-refractivity contribution in [1.29, 1.82) is 0 Å². The zero-order chi connectivity index (χ0) is 21.5. The van der Waals surface area contributed by atoms with Crippen molar-refractivity contribution in [2.24, 2.45) is 0 Å². The second-order valence-corrected chi connectivity index (χ2v) is 10.8. The monoisotopic (exact) mass is 455 g/mol. The number of carbonyl (C=O) groups is 1. The van der Waals surface area contributed by atoms with Crippen molar-refractivity contribution in [3.8, 4) is 0 Å². The lowest BCUT2D eigenvalue weighted by atomic mass is 10.00. The first-order valence-corrected chi connectivity index (χ1v) is 13.1. The highest BCUT2D eigenvalue weighted by molar-refractivity contribution is 7.18. The molecule has 4 N–H and O–H groups in total. The number of aromatic nitrogens is 2. The first-order valence-electron chi connectivity index (χ1n) is 12.3. The van der Waals surface area contributed by atoms with Gasteiger partial charge in [0.05, 0.1) is 16.6 Å². The summed E-state index contributed by atoms with van der Waals surface area (Å²) in [5.41, 5.74) is 2.11. The molecule has 2 aromatic heterocycles. The normalized spacial score (nSPS) is 32.2. The molecule has 6 rings (SSSR count). The van der Waals surface area contributed by atoms with Crippen LogP contribution in [0.4, 0.5) is 0 Å². The molecule has 1 saturated carbocycles. The van der Waals surface area contributed by atoms with Gasteiger partial charge in [-0.05, 0) is 51.1 Å². The molecule has 4 fully saturated rings. The predicted octanol–water partition coefficient (Wildman–Crippen LogP) is 1.81. The van der Waals surface area contributed by atoms with E-state index in [-0.39, 0.29) is 24.3 Å². The highest BCUT2D eigenvalue weighted by Crippen LogP contribution is 2.43. The Morgan fingerprint density at radius 2 is 2.00 bits per heavy atom. The summed E-state index contributed by atoms with van der Waals surface area (Å²) in [7, 11) is 0. The van der Waals surface area contributed by atoms with Crippen molar-refractivity contribution < 1.29 is 4.79 Å². The van der Waals surface area contributed by atoms with Gasteiger partial charge in [-0.1, -0.05) is 6.42 Å². The number of fused-ring (bicyclic) bond motifs is 1. The fourth-order valence-electron chi connectivity index (χ4n) is 5.38. The molecule has 172 valence electrons. The molecule has 3 saturated heterocycles. The van der Waals surface area contributed by atoms with Crippen LogP contribution < -0.4 is 21.3 Å². The number of likely N-dealkylation sites (tertiary alicyclic amines) is 1. The Kier molecular flexibility index (Phi) is 5.85. The van der Waals surface area contributed by atoms with Gasteiger partial charge in [-0.25, -0.2) is 4.98 Å². The van der Waals surface area contributed by atoms with E-state index >= 15 is 0 Å². The first-order chi connectivity index (χ1) is 15.8. The van der Waals surface area contributed by atoms with E-state index in [0.717, 1.165) is 59.9 Å². The molecular formula is C23H33N7OS. The minimum absolute atomic E-state index is 0.0700. The number of nitrogens with one attached hydrogen (secondary N) is 4. The minimum Gasteiger partial charge on any atom is -0.327 e. The molecule has 4 aliphatic rings. The molecule has 2 aromatic rings. The van der Waals surface area contributed by atoms with Crippen LogP contribution in [-0.2, 0) is 4.79 Å². The number of nitrogens with zero attached hydrogens (tertiary/aromatic N) is 3. The molecule has 0 bridgehead atoms. The summed E-state index contributed by atoms with van der Waals surface area (Å²) in [5, 5.41) is 15.2. The van der Waals surface area contributed by atoms with Gasteiger partial charge < -0.3 is 10.6 Å². The maximum atomic E-state index is 13.5. The van der Waals surface area contributed by atoms with E-state index in [1.807, 2.05) is 12.3 Å². The molecule has 0 spiro atoms. The van der Waals surface area contributed by atoms with E-state index in [1.54, 1.807) is 11.3 Å². The molecule has 3 aliphatic heterocycles. The van der Waals surface area contributed by atoms with Gasteiger partial charge in [0, 0.05) is 37.8 Å². The molecule has 1 aliphatic carbocycles. The topological polar surface area (TPSA) is 94.2 Å². The largest absolute Gasteiger partial charge is 0.327 e. The van der Waals surface area contributed by atoms with E-state index in [2.05, 4.69) is 31.2 Å². The van der Waals surface area contributed by atoms with Crippen LogP contribution in [0.3, 0.4) is 0 Å². The third-order valence-corrected chi connectivity index (χ3v) is 8.39. The Morgan fingerprint density at radius 1 is 1.12 bits per heavy atom. The van der Waals surface area contributed by atoms with Gasteiger partial charge in [-0.2, -0.15) is 0 Å². The number of piperidine rings is 2. The van der Waals surface area contributed by atoms with E-state index in [0.29, 0.717) is 12.0 Å². The van der Waals surface area contributed by atoms with Crippen molar-refractivity contribution >= 4 is 27.5 Å². The van der Waals surface area contributed by atoms with Gasteiger partial charge in [-0.15, -0.1) is 11.3 Å². The molecule has 32 heavy (non-hydrogen) atoms. The molecule has 5 heterocycles. The van der Waals surface area contributed by atoms with Gasteiger partial charge in [0.25, 0.3) is 0 Å². The van der Waals surface area contributed by atoms with Crippen LogP contribution in [0.1, 0.15) is 67.5 Å². The Balaban J connectivity index is 1.30. The SMILES string of the molecule is O=C1NC(N2CCCCC2)NC(N[C@@H]2CCCNC2)C1c1nc2c(C3CC3)nccc2s1. The Bertz CT molecular complexity index is 964. The molecule has 8 nitrogen and oxygen atoms in total. The summed E-state index contributed by atoms with van der Waals surface area (Å²) in [6.45, 7) is 4.07. The van der Waals surface area contributed by atoms with Crippen molar-refractivity contribution in [3.05, 3.63) is 23.0 Å². The van der Waals surface area contributed by atoms with Gasteiger partial charge in [0.15, 0.2) is 0 Å². The summed E-state index contributed by atoms with van der Waals surface area (Å²) >= 11 is 1.65. The molecule has 0 radical (unpaired) electrons. The maximum absolute atomic E-state index is 13.5. The smallest absolute Gasteiger partial charge is 0.235 e. The molecule has 0 aromatic carbocycles. The average Bonchev–Trinajstić information content (AvgIpc) is 3.58. The summed E-state index contributed by atoms with van der Waals surface area (Å²) in [5.74, 6) is 0.265. The second-order valence-electron chi connectivity index (χ2n) is 9.71. The molecule has 3 unspecified atom stereocenters. The third-order valence-electron chi connectivity index (χ3n) is 7.28. The molecule has 1 amide bonds. The number of thiazole rings is 1. The lowest BCUT2D eigenvalue weighted by Gasteiger charge is -2.44. The zero-order valence-electron chi connectivity index (χ0n) is 18.5. The second kappa shape index (κ2) is 8.95. The highest BCUT2D eigenvalue weighted by Gasteiger charge is 2.42. The number of carbonyl (C=O) groups excluding carboxylic acids is 1. The van der Waals surface area contributed by atoms with Crippen LogP contribution in [0.15, 0.2) is 12.3 Å². The van der Waals surface area contributed by atoms with Crippen molar-refractivity contribution in [2.45, 2.75) is 75.3 Å². The van der Waals surface area contributed by atoms with Crippen LogP contribution in [-0.4, -0.2) is 65.5 Å². The van der Waals surface area contributed by atoms with Gasteiger partial charge in [0.2, 0.25) is 5.91 Å². The Hall–Kier alpha value is -1.65. The van der Waals surface area contributed by atoms with Crippen molar-refractivity contribution in [2.75, 3.05) is 26.2 Å². The first kappa shape index (κ1) is 20.9. The predicted molar refractivity (Wildman–Crippen MR) is 125 cm³/mol. The standard InChI is InChI=1S/C23H33N7OS/c31-21-17(22-27-19-16(32-22)8-10-25-18(19)14-6-7-14)20(26-15-5-4-9-24-13-15)28-23(29-21)30-11-2-1-3-12-30/h8,10,14-15,17,20,23-24,26,28H,1-7,9,11-13H2,(H,29,31)/t15-,17?,20?,23?/m1/s1. The van der Waals surface area contributed by atoms with E-state index in [9.17, 15) is 4.79 Å². The number of hydrogen-bond donors (Lipinski definition) is 4. The summed E-state index contributed by atoms with van der Waals surface area (Å²) in [6, 6.07) is 2.40.